The van der Waals surface area contributed by atoms with E-state index in [0.717, 1.165) is 0 Å². The van der Waals surface area contributed by atoms with Gasteiger partial charge in [0.15, 0.2) is 0 Å². The molecule has 0 saturated heterocycles. The van der Waals surface area contributed by atoms with Crippen LogP contribution in [0.4, 0.5) is 5.82 Å². The van der Waals surface area contributed by atoms with E-state index in [4.69, 9.17) is 5.11 Å². The maximum atomic E-state index is 11.0. The van der Waals surface area contributed by atoms with Gasteiger partial charge in [-0.3, -0.25) is 14.8 Å². The summed E-state index contributed by atoms with van der Waals surface area (Å²) >= 11 is 0. The third-order valence-electron chi connectivity index (χ3n) is 1.59. The first-order chi connectivity index (χ1) is 6.15. The minimum atomic E-state index is -0.559. The first-order valence-electron chi connectivity index (χ1n) is 3.83. The van der Waals surface area contributed by atoms with Crippen molar-refractivity contribution in [1.82, 2.24) is 9.97 Å². The highest BCUT2D eigenvalue weighted by molar-refractivity contribution is 5.40. The van der Waals surface area contributed by atoms with Crippen LogP contribution < -0.4 is 16.6 Å². The minimum absolute atomic E-state index is 0.0612. The molecule has 1 rings (SSSR count). The van der Waals surface area contributed by atoms with E-state index >= 15 is 0 Å². The third kappa shape index (κ3) is 2.19. The van der Waals surface area contributed by atoms with E-state index in [9.17, 15) is 9.59 Å². The molecule has 0 aliphatic carbocycles. The van der Waals surface area contributed by atoms with E-state index in [-0.39, 0.29) is 6.61 Å². The van der Waals surface area contributed by atoms with Gasteiger partial charge in [0.1, 0.15) is 5.82 Å². The van der Waals surface area contributed by atoms with Crippen molar-refractivity contribution in [3.8, 4) is 0 Å². The molecule has 0 amide bonds. The number of aliphatic hydroxyl groups excluding tert-OH is 1. The van der Waals surface area contributed by atoms with Gasteiger partial charge in [-0.05, 0) is 6.92 Å². The number of anilines is 1. The molecular weight excluding hydrogens is 174 g/mol. The summed E-state index contributed by atoms with van der Waals surface area (Å²) in [5.41, 5.74) is -0.590. The van der Waals surface area contributed by atoms with Crippen LogP contribution in [0.5, 0.6) is 0 Å². The van der Waals surface area contributed by atoms with Crippen molar-refractivity contribution in [2.75, 3.05) is 18.5 Å². The SMILES string of the molecule is Cc1c(NCCO)[nH]c(=O)[nH]c1=O. The van der Waals surface area contributed by atoms with E-state index in [1.165, 1.54) is 0 Å². The molecule has 72 valence electrons. The standard InChI is InChI=1S/C7H11N3O3/c1-4-5(8-2-3-11)9-7(13)10-6(4)12/h11H,2-3H2,1H3,(H3,8,9,10,12,13). The Morgan fingerprint density at radius 3 is 2.69 bits per heavy atom. The highest BCUT2D eigenvalue weighted by Gasteiger charge is 2.02. The molecule has 1 heterocycles. The number of nitrogens with one attached hydrogen (secondary N) is 3. The summed E-state index contributed by atoms with van der Waals surface area (Å²) in [6.45, 7) is 1.81. The summed E-state index contributed by atoms with van der Waals surface area (Å²) in [5.74, 6) is 0.350. The zero-order valence-electron chi connectivity index (χ0n) is 7.18. The van der Waals surface area contributed by atoms with E-state index in [1.807, 2.05) is 0 Å². The molecule has 1 aromatic rings. The Hall–Kier alpha value is -1.56. The van der Waals surface area contributed by atoms with Gasteiger partial charge >= 0.3 is 5.69 Å². The van der Waals surface area contributed by atoms with Gasteiger partial charge < -0.3 is 10.4 Å². The van der Waals surface area contributed by atoms with E-state index in [0.29, 0.717) is 17.9 Å². The Morgan fingerprint density at radius 1 is 1.38 bits per heavy atom. The number of rotatable bonds is 3. The Balaban J connectivity index is 3.06. The van der Waals surface area contributed by atoms with E-state index in [1.54, 1.807) is 6.92 Å². The van der Waals surface area contributed by atoms with Crippen molar-refractivity contribution >= 4 is 5.82 Å². The number of hydrogen-bond donors (Lipinski definition) is 4. The second-order valence-electron chi connectivity index (χ2n) is 2.56. The number of aliphatic hydroxyl groups is 1. The molecule has 0 spiro atoms. The van der Waals surface area contributed by atoms with Crippen molar-refractivity contribution in [3.05, 3.63) is 26.4 Å². The Bertz CT molecular complexity index is 393. The summed E-state index contributed by atoms with van der Waals surface area (Å²) < 4.78 is 0. The van der Waals surface area contributed by atoms with Crippen LogP contribution in [-0.2, 0) is 0 Å². The molecule has 0 bridgehead atoms. The first-order valence-corrected chi connectivity index (χ1v) is 3.83. The van der Waals surface area contributed by atoms with Crippen LogP contribution in [-0.4, -0.2) is 28.2 Å². The van der Waals surface area contributed by atoms with Crippen molar-refractivity contribution in [3.63, 3.8) is 0 Å². The quantitative estimate of drug-likeness (QED) is 0.474. The summed E-state index contributed by atoms with van der Waals surface area (Å²) in [6, 6.07) is 0. The second-order valence-corrected chi connectivity index (χ2v) is 2.56. The fraction of sp³-hybridized carbons (Fsp3) is 0.429. The molecule has 6 heteroatoms. The third-order valence-corrected chi connectivity index (χ3v) is 1.59. The van der Waals surface area contributed by atoms with Crippen LogP contribution in [0.3, 0.4) is 0 Å². The molecule has 0 saturated carbocycles. The Kier molecular flexibility index (Phi) is 2.86. The fourth-order valence-electron chi connectivity index (χ4n) is 0.907. The van der Waals surface area contributed by atoms with Crippen LogP contribution in [0.15, 0.2) is 9.59 Å². The monoisotopic (exact) mass is 185 g/mol. The number of hydrogen-bond acceptors (Lipinski definition) is 4. The molecule has 0 fully saturated rings. The largest absolute Gasteiger partial charge is 0.395 e. The van der Waals surface area contributed by atoms with Gasteiger partial charge in [-0.2, -0.15) is 0 Å². The van der Waals surface area contributed by atoms with Gasteiger partial charge in [0.05, 0.1) is 12.2 Å². The van der Waals surface area contributed by atoms with Gasteiger partial charge in [0.2, 0.25) is 0 Å². The lowest BCUT2D eigenvalue weighted by Gasteiger charge is -2.05. The predicted molar refractivity (Wildman–Crippen MR) is 48.0 cm³/mol. The lowest BCUT2D eigenvalue weighted by Crippen LogP contribution is -2.26. The zero-order chi connectivity index (χ0) is 9.84. The zero-order valence-corrected chi connectivity index (χ0v) is 7.18. The van der Waals surface area contributed by atoms with Gasteiger partial charge in [-0.15, -0.1) is 0 Å². The normalized spacial score (nSPS) is 10.0. The molecule has 6 nitrogen and oxygen atoms in total. The molecule has 13 heavy (non-hydrogen) atoms. The highest BCUT2D eigenvalue weighted by Crippen LogP contribution is 2.00. The average molecular weight is 185 g/mol. The smallest absolute Gasteiger partial charge is 0.327 e. The van der Waals surface area contributed by atoms with E-state index < -0.39 is 11.2 Å². The number of H-pyrrole nitrogens is 2. The summed E-state index contributed by atoms with van der Waals surface area (Å²) in [6.07, 6.45) is 0. The molecular formula is C7H11N3O3. The number of aromatic amines is 2. The average Bonchev–Trinajstić information content (AvgIpc) is 2.09. The van der Waals surface area contributed by atoms with Crippen molar-refractivity contribution in [2.24, 2.45) is 0 Å². The van der Waals surface area contributed by atoms with Crippen LogP contribution >= 0.6 is 0 Å². The summed E-state index contributed by atoms with van der Waals surface area (Å²) in [4.78, 5) is 26.4. The molecule has 0 aromatic carbocycles. The summed E-state index contributed by atoms with van der Waals surface area (Å²) in [5, 5.41) is 11.2. The van der Waals surface area contributed by atoms with Gasteiger partial charge in [0.25, 0.3) is 5.56 Å². The minimum Gasteiger partial charge on any atom is -0.395 e. The first kappa shape index (κ1) is 9.53. The molecule has 0 aliphatic heterocycles. The maximum absolute atomic E-state index is 11.0. The molecule has 0 unspecified atom stereocenters. The van der Waals surface area contributed by atoms with Crippen molar-refractivity contribution in [2.45, 2.75) is 6.92 Å². The van der Waals surface area contributed by atoms with Crippen LogP contribution in [0.1, 0.15) is 5.56 Å². The predicted octanol–water partition coefficient (Wildman–Crippen LogP) is -1.22. The Morgan fingerprint density at radius 2 is 2.08 bits per heavy atom. The van der Waals surface area contributed by atoms with E-state index in [2.05, 4.69) is 15.3 Å². The highest BCUT2D eigenvalue weighted by atomic mass is 16.3. The lowest BCUT2D eigenvalue weighted by atomic mass is 10.3. The van der Waals surface area contributed by atoms with Crippen LogP contribution in [0.25, 0.3) is 0 Å². The topological polar surface area (TPSA) is 98.0 Å². The van der Waals surface area contributed by atoms with Crippen LogP contribution in [0.2, 0.25) is 0 Å². The Labute approximate surface area is 73.6 Å². The molecule has 0 aliphatic rings. The fourth-order valence-corrected chi connectivity index (χ4v) is 0.907. The van der Waals surface area contributed by atoms with Crippen molar-refractivity contribution < 1.29 is 5.11 Å². The van der Waals surface area contributed by atoms with Crippen LogP contribution in [0, 0.1) is 6.92 Å². The van der Waals surface area contributed by atoms with Gasteiger partial charge in [0, 0.05) is 6.54 Å². The summed E-state index contributed by atoms with van der Waals surface area (Å²) in [7, 11) is 0. The van der Waals surface area contributed by atoms with Gasteiger partial charge in [-0.1, -0.05) is 0 Å². The lowest BCUT2D eigenvalue weighted by molar-refractivity contribution is 0.311. The molecule has 0 radical (unpaired) electrons. The second kappa shape index (κ2) is 3.90. The molecule has 4 N–H and O–H groups in total. The van der Waals surface area contributed by atoms with Gasteiger partial charge in [-0.25, -0.2) is 4.79 Å². The number of aromatic nitrogens is 2. The maximum Gasteiger partial charge on any atom is 0.327 e. The molecule has 0 atom stereocenters. The molecule has 1 aromatic heterocycles. The van der Waals surface area contributed by atoms with Crippen molar-refractivity contribution in [1.29, 1.82) is 0 Å².